The van der Waals surface area contributed by atoms with E-state index in [0.29, 0.717) is 6.04 Å². The lowest BCUT2D eigenvalue weighted by atomic mass is 10.0. The van der Waals surface area contributed by atoms with Crippen LogP contribution in [-0.2, 0) is 6.54 Å². The highest BCUT2D eigenvalue weighted by molar-refractivity contribution is 5.29. The minimum absolute atomic E-state index is 0.371. The van der Waals surface area contributed by atoms with E-state index in [0.717, 1.165) is 31.9 Å². The van der Waals surface area contributed by atoms with E-state index in [4.69, 9.17) is 4.74 Å². The molecule has 2 rings (SSSR count). The van der Waals surface area contributed by atoms with Crippen LogP contribution in [0.25, 0.3) is 0 Å². The summed E-state index contributed by atoms with van der Waals surface area (Å²) in [5, 5.41) is 3.63. The monoisotopic (exact) mass is 326 g/mol. The average molecular weight is 326 g/mol. The Balaban J connectivity index is 2.05. The van der Waals surface area contributed by atoms with Crippen LogP contribution in [-0.4, -0.2) is 31.6 Å². The molecule has 1 atom stereocenters. The van der Waals surface area contributed by atoms with E-state index in [1.807, 2.05) is 12.1 Å². The molecule has 0 aliphatic rings. The fraction of sp³-hybridized carbons (Fsp3) is 0.429. The van der Waals surface area contributed by atoms with Crippen LogP contribution in [0.15, 0.2) is 48.5 Å². The maximum Gasteiger partial charge on any atom is 0.118 e. The van der Waals surface area contributed by atoms with Crippen molar-refractivity contribution in [2.45, 2.75) is 33.4 Å². The van der Waals surface area contributed by atoms with Gasteiger partial charge in [-0.15, -0.1) is 0 Å². The summed E-state index contributed by atoms with van der Waals surface area (Å²) in [5.41, 5.74) is 3.98. The molecule has 24 heavy (non-hydrogen) atoms. The Kier molecular flexibility index (Phi) is 7.29. The first-order valence-electron chi connectivity index (χ1n) is 8.82. The second-order valence-electron chi connectivity index (χ2n) is 6.13. The quantitative estimate of drug-likeness (QED) is 0.748. The van der Waals surface area contributed by atoms with Gasteiger partial charge in [-0.1, -0.05) is 55.8 Å². The topological polar surface area (TPSA) is 24.5 Å². The molecule has 0 saturated carbocycles. The normalized spacial score (nSPS) is 12.4. The van der Waals surface area contributed by atoms with Crippen LogP contribution >= 0.6 is 0 Å². The van der Waals surface area contributed by atoms with Gasteiger partial charge in [0.25, 0.3) is 0 Å². The molecule has 0 saturated heterocycles. The molecule has 2 aromatic carbocycles. The van der Waals surface area contributed by atoms with E-state index < -0.39 is 0 Å². The Labute approximate surface area is 146 Å². The number of hydrogen-bond donors (Lipinski definition) is 1. The molecule has 0 amide bonds. The lowest BCUT2D eigenvalue weighted by Gasteiger charge is -2.30. The van der Waals surface area contributed by atoms with Gasteiger partial charge in [-0.05, 0) is 43.3 Å². The number of nitrogens with one attached hydrogen (secondary N) is 1. The number of benzene rings is 2. The summed E-state index contributed by atoms with van der Waals surface area (Å²) >= 11 is 0. The molecule has 1 unspecified atom stereocenters. The second-order valence-corrected chi connectivity index (χ2v) is 6.13. The first-order chi connectivity index (χ1) is 11.7. The smallest absolute Gasteiger partial charge is 0.118 e. The molecular weight excluding hydrogens is 296 g/mol. The fourth-order valence-electron chi connectivity index (χ4n) is 3.12. The molecule has 0 spiro atoms. The third-order valence-corrected chi connectivity index (χ3v) is 4.50. The van der Waals surface area contributed by atoms with Gasteiger partial charge in [-0.3, -0.25) is 4.90 Å². The van der Waals surface area contributed by atoms with Gasteiger partial charge in [0.05, 0.1) is 7.11 Å². The molecule has 0 fully saturated rings. The zero-order valence-corrected chi connectivity index (χ0v) is 15.4. The van der Waals surface area contributed by atoms with Crippen LogP contribution in [0.4, 0.5) is 0 Å². The maximum absolute atomic E-state index is 5.28. The van der Waals surface area contributed by atoms with Crippen LogP contribution in [0.1, 0.15) is 36.6 Å². The highest BCUT2D eigenvalue weighted by Gasteiger charge is 2.17. The summed E-state index contributed by atoms with van der Waals surface area (Å²) in [5.74, 6) is 0.907. The molecule has 0 heterocycles. The number of nitrogens with zero attached hydrogens (tertiary/aromatic N) is 1. The Morgan fingerprint density at radius 3 is 2.33 bits per heavy atom. The molecule has 0 radical (unpaired) electrons. The van der Waals surface area contributed by atoms with Crippen LogP contribution < -0.4 is 10.1 Å². The fourth-order valence-corrected chi connectivity index (χ4v) is 3.12. The number of hydrogen-bond acceptors (Lipinski definition) is 3. The van der Waals surface area contributed by atoms with Crippen molar-refractivity contribution in [1.29, 1.82) is 0 Å². The molecule has 3 nitrogen and oxygen atoms in total. The predicted octanol–water partition coefficient (Wildman–Crippen LogP) is 4.18. The van der Waals surface area contributed by atoms with Crippen molar-refractivity contribution in [2.24, 2.45) is 0 Å². The minimum atomic E-state index is 0.371. The number of aryl methyl sites for hydroxylation is 1. The van der Waals surface area contributed by atoms with E-state index >= 15 is 0 Å². The van der Waals surface area contributed by atoms with E-state index in [2.05, 4.69) is 67.4 Å². The Bertz CT molecular complexity index is 605. The van der Waals surface area contributed by atoms with E-state index in [1.54, 1.807) is 7.11 Å². The zero-order chi connectivity index (χ0) is 17.4. The van der Waals surface area contributed by atoms with Gasteiger partial charge in [0.2, 0.25) is 0 Å². The van der Waals surface area contributed by atoms with Crippen molar-refractivity contribution in [3.8, 4) is 5.75 Å². The third kappa shape index (κ3) is 5.08. The molecule has 0 aliphatic heterocycles. The van der Waals surface area contributed by atoms with Crippen LogP contribution in [0.2, 0.25) is 0 Å². The number of likely N-dealkylation sites (N-methyl/N-ethyl adjacent to an activating group) is 1. The van der Waals surface area contributed by atoms with Crippen molar-refractivity contribution >= 4 is 0 Å². The summed E-state index contributed by atoms with van der Waals surface area (Å²) in [6.07, 6.45) is 0. The largest absolute Gasteiger partial charge is 0.497 e. The summed E-state index contributed by atoms with van der Waals surface area (Å²) in [6, 6.07) is 17.5. The van der Waals surface area contributed by atoms with Crippen molar-refractivity contribution in [2.75, 3.05) is 26.7 Å². The first kappa shape index (κ1) is 18.5. The van der Waals surface area contributed by atoms with Crippen LogP contribution in [0.5, 0.6) is 5.75 Å². The molecule has 1 N–H and O–H groups in total. The number of ether oxygens (including phenoxy) is 1. The van der Waals surface area contributed by atoms with Gasteiger partial charge < -0.3 is 10.1 Å². The van der Waals surface area contributed by atoms with E-state index in [1.165, 1.54) is 16.7 Å². The lowest BCUT2D eigenvalue weighted by Crippen LogP contribution is -2.35. The Morgan fingerprint density at radius 2 is 1.75 bits per heavy atom. The van der Waals surface area contributed by atoms with Gasteiger partial charge in [-0.2, -0.15) is 0 Å². The Morgan fingerprint density at radius 1 is 1.04 bits per heavy atom. The van der Waals surface area contributed by atoms with Gasteiger partial charge >= 0.3 is 0 Å². The van der Waals surface area contributed by atoms with Crippen molar-refractivity contribution in [3.05, 3.63) is 65.2 Å². The standard InChI is InChI=1S/C21H30N2O/c1-5-23(6-2)21(19-10-12-20(24-4)13-11-19)16-22-15-18-9-7-8-17(3)14-18/h7-14,21-22H,5-6,15-16H2,1-4H3. The van der Waals surface area contributed by atoms with Gasteiger partial charge in [0.15, 0.2) is 0 Å². The summed E-state index contributed by atoms with van der Waals surface area (Å²) in [7, 11) is 1.71. The predicted molar refractivity (Wildman–Crippen MR) is 102 cm³/mol. The summed E-state index contributed by atoms with van der Waals surface area (Å²) in [4.78, 5) is 2.49. The summed E-state index contributed by atoms with van der Waals surface area (Å²) < 4.78 is 5.28. The van der Waals surface area contributed by atoms with Crippen molar-refractivity contribution in [1.82, 2.24) is 10.2 Å². The molecule has 0 aromatic heterocycles. The van der Waals surface area contributed by atoms with E-state index in [9.17, 15) is 0 Å². The molecule has 0 aliphatic carbocycles. The van der Waals surface area contributed by atoms with Gasteiger partial charge in [0.1, 0.15) is 5.75 Å². The zero-order valence-electron chi connectivity index (χ0n) is 15.4. The minimum Gasteiger partial charge on any atom is -0.497 e. The van der Waals surface area contributed by atoms with Gasteiger partial charge in [-0.25, -0.2) is 0 Å². The third-order valence-electron chi connectivity index (χ3n) is 4.50. The first-order valence-corrected chi connectivity index (χ1v) is 8.82. The number of rotatable bonds is 9. The number of methoxy groups -OCH3 is 1. The molecule has 3 heteroatoms. The highest BCUT2D eigenvalue weighted by atomic mass is 16.5. The molecular formula is C21H30N2O. The molecule has 2 aromatic rings. The molecule has 130 valence electrons. The maximum atomic E-state index is 5.28. The van der Waals surface area contributed by atoms with Crippen LogP contribution in [0.3, 0.4) is 0 Å². The summed E-state index contributed by atoms with van der Waals surface area (Å²) in [6.45, 7) is 10.5. The Hall–Kier alpha value is -1.84. The molecule has 0 bridgehead atoms. The van der Waals surface area contributed by atoms with Crippen LogP contribution in [0, 0.1) is 6.92 Å². The lowest BCUT2D eigenvalue weighted by molar-refractivity contribution is 0.213. The van der Waals surface area contributed by atoms with Gasteiger partial charge in [0, 0.05) is 19.1 Å². The van der Waals surface area contributed by atoms with E-state index in [-0.39, 0.29) is 0 Å². The SMILES string of the molecule is CCN(CC)C(CNCc1cccc(C)c1)c1ccc(OC)cc1. The van der Waals surface area contributed by atoms with Crippen molar-refractivity contribution in [3.63, 3.8) is 0 Å². The van der Waals surface area contributed by atoms with Crippen molar-refractivity contribution < 1.29 is 4.74 Å². The average Bonchev–Trinajstić information content (AvgIpc) is 2.61. The second kappa shape index (κ2) is 9.45. The highest BCUT2D eigenvalue weighted by Crippen LogP contribution is 2.22.